The van der Waals surface area contributed by atoms with Crippen LogP contribution in [0.4, 0.5) is 0 Å². The van der Waals surface area contributed by atoms with Gasteiger partial charge in [-0.25, -0.2) is 0 Å². The van der Waals surface area contributed by atoms with Gasteiger partial charge in [0.05, 0.1) is 11.9 Å². The molecule has 88 valence electrons. The summed E-state index contributed by atoms with van der Waals surface area (Å²) in [5.74, 6) is 1.07. The van der Waals surface area contributed by atoms with E-state index in [4.69, 9.17) is 15.9 Å². The summed E-state index contributed by atoms with van der Waals surface area (Å²) in [7, 11) is 0. The lowest BCUT2D eigenvalue weighted by Gasteiger charge is -2.13. The maximum atomic E-state index is 7.20. The van der Waals surface area contributed by atoms with Crippen molar-refractivity contribution in [3.05, 3.63) is 29.8 Å². The summed E-state index contributed by atoms with van der Waals surface area (Å²) in [4.78, 5) is 0. The Morgan fingerprint density at radius 2 is 2.00 bits per heavy atom. The lowest BCUT2D eigenvalue weighted by atomic mass is 10.1. The van der Waals surface area contributed by atoms with Crippen LogP contribution in [-0.4, -0.2) is 11.9 Å². The monoisotopic (exact) mass is 220 g/mol. The minimum Gasteiger partial charge on any atom is -0.491 e. The van der Waals surface area contributed by atoms with E-state index in [0.29, 0.717) is 6.42 Å². The molecule has 3 nitrogen and oxygen atoms in total. The molecule has 3 N–H and O–H groups in total. The predicted molar refractivity (Wildman–Crippen MR) is 67.1 cm³/mol. The van der Waals surface area contributed by atoms with Gasteiger partial charge >= 0.3 is 0 Å². The molecule has 1 unspecified atom stereocenters. The lowest BCUT2D eigenvalue weighted by molar-refractivity contribution is 0.210. The summed E-state index contributed by atoms with van der Waals surface area (Å²) >= 11 is 0. The Labute approximate surface area is 97.1 Å². The molecule has 0 spiro atoms. The average Bonchev–Trinajstić information content (AvgIpc) is 2.20. The topological polar surface area (TPSA) is 59.1 Å². The second-order valence-electron chi connectivity index (χ2n) is 4.06. The smallest absolute Gasteiger partial charge is 0.119 e. The number of hydrogen-bond acceptors (Lipinski definition) is 2. The van der Waals surface area contributed by atoms with Gasteiger partial charge in [-0.2, -0.15) is 0 Å². The first-order valence-electron chi connectivity index (χ1n) is 5.70. The Bertz CT molecular complexity index is 332. The van der Waals surface area contributed by atoms with Crippen molar-refractivity contribution in [2.45, 2.75) is 39.2 Å². The first-order valence-corrected chi connectivity index (χ1v) is 5.70. The summed E-state index contributed by atoms with van der Waals surface area (Å²) in [6.45, 7) is 4.22. The summed E-state index contributed by atoms with van der Waals surface area (Å²) < 4.78 is 5.73. The van der Waals surface area contributed by atoms with Crippen molar-refractivity contribution in [3.63, 3.8) is 0 Å². The molecule has 1 atom stereocenters. The molecular formula is C13H20N2O. The van der Waals surface area contributed by atoms with Gasteiger partial charge in [0.25, 0.3) is 0 Å². The van der Waals surface area contributed by atoms with E-state index in [-0.39, 0.29) is 11.9 Å². The molecule has 0 fully saturated rings. The molecule has 0 aromatic heterocycles. The fraction of sp³-hybridized carbons (Fsp3) is 0.462. The number of amidine groups is 1. The van der Waals surface area contributed by atoms with Crippen molar-refractivity contribution in [1.82, 2.24) is 0 Å². The molecule has 1 rings (SSSR count). The third-order valence-corrected chi connectivity index (χ3v) is 2.35. The summed E-state index contributed by atoms with van der Waals surface area (Å²) in [6.07, 6.45) is 2.95. The van der Waals surface area contributed by atoms with E-state index in [1.54, 1.807) is 0 Å². The van der Waals surface area contributed by atoms with Crippen LogP contribution in [0.15, 0.2) is 24.3 Å². The molecular weight excluding hydrogens is 200 g/mol. The summed E-state index contributed by atoms with van der Waals surface area (Å²) in [5.41, 5.74) is 6.38. The molecule has 0 aliphatic carbocycles. The minimum atomic E-state index is 0.188. The normalized spacial score (nSPS) is 12.1. The minimum absolute atomic E-state index is 0.188. The van der Waals surface area contributed by atoms with Crippen LogP contribution in [0.5, 0.6) is 5.75 Å². The Kier molecular flexibility index (Phi) is 4.83. The molecule has 0 aliphatic rings. The highest BCUT2D eigenvalue weighted by molar-refractivity contribution is 5.79. The molecule has 1 aromatic rings. The Hall–Kier alpha value is -1.51. The van der Waals surface area contributed by atoms with Crippen molar-refractivity contribution in [3.8, 4) is 5.75 Å². The average molecular weight is 220 g/mol. The van der Waals surface area contributed by atoms with E-state index in [1.807, 2.05) is 24.3 Å². The first kappa shape index (κ1) is 12.6. The van der Waals surface area contributed by atoms with Gasteiger partial charge in [-0.15, -0.1) is 0 Å². The van der Waals surface area contributed by atoms with Gasteiger partial charge in [0.1, 0.15) is 5.75 Å². The van der Waals surface area contributed by atoms with Crippen LogP contribution in [0.25, 0.3) is 0 Å². The third kappa shape index (κ3) is 4.34. The van der Waals surface area contributed by atoms with E-state index in [9.17, 15) is 0 Å². The molecule has 0 heterocycles. The zero-order valence-electron chi connectivity index (χ0n) is 9.99. The van der Waals surface area contributed by atoms with Gasteiger partial charge in [-0.05, 0) is 31.0 Å². The SMILES string of the molecule is CCCC(C)Oc1ccc(CC(=N)N)cc1. The van der Waals surface area contributed by atoms with Crippen molar-refractivity contribution >= 4 is 5.84 Å². The molecule has 0 amide bonds. The quantitative estimate of drug-likeness (QED) is 0.572. The molecule has 16 heavy (non-hydrogen) atoms. The maximum absolute atomic E-state index is 7.20. The molecule has 1 aromatic carbocycles. The number of hydrogen-bond donors (Lipinski definition) is 2. The maximum Gasteiger partial charge on any atom is 0.119 e. The van der Waals surface area contributed by atoms with E-state index < -0.39 is 0 Å². The van der Waals surface area contributed by atoms with Gasteiger partial charge in [-0.3, -0.25) is 5.41 Å². The van der Waals surface area contributed by atoms with Crippen molar-refractivity contribution in [2.24, 2.45) is 5.73 Å². The van der Waals surface area contributed by atoms with Crippen LogP contribution in [0.2, 0.25) is 0 Å². The molecule has 0 saturated carbocycles. The third-order valence-electron chi connectivity index (χ3n) is 2.35. The lowest BCUT2D eigenvalue weighted by Crippen LogP contribution is -2.13. The molecule has 0 aliphatic heterocycles. The number of nitrogens with one attached hydrogen (secondary N) is 1. The van der Waals surface area contributed by atoms with Gasteiger partial charge in [0.2, 0.25) is 0 Å². The van der Waals surface area contributed by atoms with Crippen LogP contribution >= 0.6 is 0 Å². The van der Waals surface area contributed by atoms with Gasteiger partial charge < -0.3 is 10.5 Å². The molecule has 3 heteroatoms. The van der Waals surface area contributed by atoms with E-state index in [2.05, 4.69) is 13.8 Å². The Morgan fingerprint density at radius 3 is 2.50 bits per heavy atom. The molecule has 0 saturated heterocycles. The highest BCUT2D eigenvalue weighted by Crippen LogP contribution is 2.15. The number of ether oxygens (including phenoxy) is 1. The molecule has 0 bridgehead atoms. The second-order valence-corrected chi connectivity index (χ2v) is 4.06. The number of benzene rings is 1. The second kappa shape index (κ2) is 6.16. The zero-order valence-corrected chi connectivity index (χ0v) is 9.99. The van der Waals surface area contributed by atoms with Crippen molar-refractivity contribution in [2.75, 3.05) is 0 Å². The van der Waals surface area contributed by atoms with Crippen LogP contribution in [0.3, 0.4) is 0 Å². The first-order chi connectivity index (χ1) is 7.61. The van der Waals surface area contributed by atoms with E-state index in [1.165, 1.54) is 0 Å². The standard InChI is InChI=1S/C13H20N2O/c1-3-4-10(2)16-12-7-5-11(6-8-12)9-13(14)15/h5-8,10H,3-4,9H2,1-2H3,(H3,14,15). The zero-order chi connectivity index (χ0) is 12.0. The van der Waals surface area contributed by atoms with Crippen LogP contribution in [0.1, 0.15) is 32.3 Å². The van der Waals surface area contributed by atoms with Crippen molar-refractivity contribution < 1.29 is 4.74 Å². The van der Waals surface area contributed by atoms with E-state index >= 15 is 0 Å². The predicted octanol–water partition coefficient (Wildman–Crippen LogP) is 2.73. The number of rotatable bonds is 6. The van der Waals surface area contributed by atoms with Gasteiger partial charge in [0, 0.05) is 6.42 Å². The van der Waals surface area contributed by atoms with Crippen molar-refractivity contribution in [1.29, 1.82) is 5.41 Å². The van der Waals surface area contributed by atoms with Gasteiger partial charge in [-0.1, -0.05) is 25.5 Å². The summed E-state index contributed by atoms with van der Waals surface area (Å²) in [5, 5.41) is 7.20. The summed E-state index contributed by atoms with van der Waals surface area (Å²) in [6, 6.07) is 7.78. The van der Waals surface area contributed by atoms with Gasteiger partial charge in [0.15, 0.2) is 0 Å². The highest BCUT2D eigenvalue weighted by Gasteiger charge is 2.02. The Balaban J connectivity index is 2.54. The Morgan fingerprint density at radius 1 is 1.38 bits per heavy atom. The number of nitrogens with two attached hydrogens (primary N) is 1. The van der Waals surface area contributed by atoms with E-state index in [0.717, 1.165) is 24.2 Å². The molecule has 0 radical (unpaired) electrons. The van der Waals surface area contributed by atoms with Crippen LogP contribution in [-0.2, 0) is 6.42 Å². The largest absolute Gasteiger partial charge is 0.491 e. The fourth-order valence-electron chi connectivity index (χ4n) is 1.60. The fourth-order valence-corrected chi connectivity index (χ4v) is 1.60. The van der Waals surface area contributed by atoms with Crippen LogP contribution in [0, 0.1) is 5.41 Å². The highest BCUT2D eigenvalue weighted by atomic mass is 16.5. The van der Waals surface area contributed by atoms with Crippen LogP contribution < -0.4 is 10.5 Å².